The highest BCUT2D eigenvalue weighted by Gasteiger charge is 2.47. The number of rotatable bonds is 9. The highest BCUT2D eigenvalue weighted by molar-refractivity contribution is 5.95. The molecule has 2 unspecified atom stereocenters. The van der Waals surface area contributed by atoms with Crippen LogP contribution in [0.3, 0.4) is 0 Å². The lowest BCUT2D eigenvalue weighted by molar-refractivity contribution is -0.140. The molecule has 0 aliphatic heterocycles. The zero-order valence-electron chi connectivity index (χ0n) is 19.7. The largest absolute Gasteiger partial charge is 0.497 e. The summed E-state index contributed by atoms with van der Waals surface area (Å²) in [5.74, 6) is 0.317. The summed E-state index contributed by atoms with van der Waals surface area (Å²) in [5, 5.41) is 5.43. The van der Waals surface area contributed by atoms with Crippen LogP contribution in [0.5, 0.6) is 5.75 Å². The smallest absolute Gasteiger partial charge is 0.243 e. The van der Waals surface area contributed by atoms with E-state index in [-0.39, 0.29) is 48.7 Å². The number of hydrogen-bond acceptors (Lipinski definition) is 4. The van der Waals surface area contributed by atoms with Gasteiger partial charge in [0.2, 0.25) is 17.7 Å². The van der Waals surface area contributed by atoms with E-state index >= 15 is 0 Å². The lowest BCUT2D eigenvalue weighted by Gasteiger charge is -2.34. The van der Waals surface area contributed by atoms with Crippen LogP contribution in [0, 0.1) is 5.92 Å². The Hall–Kier alpha value is -3.35. The average Bonchev–Trinajstić information content (AvgIpc) is 3.68. The second kappa shape index (κ2) is 11.2. The van der Waals surface area contributed by atoms with Gasteiger partial charge in [0, 0.05) is 17.6 Å². The molecule has 2 saturated carbocycles. The maximum absolute atomic E-state index is 13.4. The molecule has 2 fully saturated rings. The summed E-state index contributed by atoms with van der Waals surface area (Å²) in [6, 6.07) is 17.2. The van der Waals surface area contributed by atoms with Crippen LogP contribution in [-0.4, -0.2) is 48.9 Å². The van der Waals surface area contributed by atoms with Gasteiger partial charge >= 0.3 is 0 Å². The van der Waals surface area contributed by atoms with Gasteiger partial charge in [0.15, 0.2) is 0 Å². The predicted octanol–water partition coefficient (Wildman–Crippen LogP) is 3.71. The van der Waals surface area contributed by atoms with Gasteiger partial charge in [-0.15, -0.1) is 0 Å². The first-order valence-electron chi connectivity index (χ1n) is 12.1. The summed E-state index contributed by atoms with van der Waals surface area (Å²) >= 11 is 0. The standard InChI is InChI=1S/C27H33N3O4/c1-34-22-14-12-20(13-15-22)29-25(31)17-28-26(32)18-30(21-10-6-3-7-11-21)27(33)24-16-23(24)19-8-4-2-5-9-19/h2,4-5,8-9,12-15,21,23-24H,3,6-7,10-11,16-18H2,1H3,(H,28,32)(H,29,31). The molecule has 0 radical (unpaired) electrons. The number of carbonyl (C=O) groups excluding carboxylic acids is 3. The van der Waals surface area contributed by atoms with Gasteiger partial charge in [-0.1, -0.05) is 49.6 Å². The Kier molecular flexibility index (Phi) is 7.83. The third kappa shape index (κ3) is 6.16. The zero-order chi connectivity index (χ0) is 23.9. The Morgan fingerprint density at radius 1 is 0.941 bits per heavy atom. The Morgan fingerprint density at radius 2 is 1.65 bits per heavy atom. The summed E-state index contributed by atoms with van der Waals surface area (Å²) in [6.07, 6.45) is 6.02. The van der Waals surface area contributed by atoms with Crippen LogP contribution in [0.15, 0.2) is 54.6 Å². The van der Waals surface area contributed by atoms with Crippen molar-refractivity contribution in [2.75, 3.05) is 25.5 Å². The number of carbonyl (C=O) groups is 3. The summed E-state index contributed by atoms with van der Waals surface area (Å²) in [6.45, 7) is -0.148. The number of methoxy groups -OCH3 is 1. The molecule has 2 aromatic rings. The Balaban J connectivity index is 1.32. The summed E-state index contributed by atoms with van der Waals surface area (Å²) in [4.78, 5) is 40.2. The summed E-state index contributed by atoms with van der Waals surface area (Å²) in [7, 11) is 1.58. The van der Waals surface area contributed by atoms with Crippen LogP contribution in [-0.2, 0) is 14.4 Å². The SMILES string of the molecule is COc1ccc(NC(=O)CNC(=O)CN(C(=O)C2CC2c2ccccc2)C2CCCCC2)cc1. The van der Waals surface area contributed by atoms with Crippen molar-refractivity contribution in [3.8, 4) is 5.75 Å². The van der Waals surface area contributed by atoms with Crippen LogP contribution in [0.2, 0.25) is 0 Å². The molecule has 0 aromatic heterocycles. The molecule has 4 rings (SSSR count). The molecule has 3 amide bonds. The highest BCUT2D eigenvalue weighted by atomic mass is 16.5. The van der Waals surface area contributed by atoms with Crippen molar-refractivity contribution in [2.45, 2.75) is 50.5 Å². The van der Waals surface area contributed by atoms with Crippen LogP contribution in [0.1, 0.15) is 50.0 Å². The predicted molar refractivity (Wildman–Crippen MR) is 131 cm³/mol. The van der Waals surface area contributed by atoms with E-state index in [0.717, 1.165) is 32.1 Å². The molecule has 34 heavy (non-hydrogen) atoms. The first-order chi connectivity index (χ1) is 16.5. The van der Waals surface area contributed by atoms with E-state index in [1.807, 2.05) is 18.2 Å². The fraction of sp³-hybridized carbons (Fsp3) is 0.444. The monoisotopic (exact) mass is 463 g/mol. The quantitative estimate of drug-likeness (QED) is 0.593. The number of ether oxygens (including phenoxy) is 1. The molecular formula is C27H33N3O4. The molecule has 0 bridgehead atoms. The first-order valence-corrected chi connectivity index (χ1v) is 12.1. The molecular weight excluding hydrogens is 430 g/mol. The highest BCUT2D eigenvalue weighted by Crippen LogP contribution is 2.48. The van der Waals surface area contributed by atoms with E-state index < -0.39 is 0 Å². The molecule has 2 aliphatic carbocycles. The van der Waals surface area contributed by atoms with E-state index in [9.17, 15) is 14.4 Å². The third-order valence-corrected chi connectivity index (χ3v) is 6.77. The number of nitrogens with zero attached hydrogens (tertiary/aromatic N) is 1. The molecule has 2 atom stereocenters. The van der Waals surface area contributed by atoms with Gasteiger partial charge in [0.05, 0.1) is 20.2 Å². The summed E-state index contributed by atoms with van der Waals surface area (Å²) < 4.78 is 5.11. The Bertz CT molecular complexity index is 987. The van der Waals surface area contributed by atoms with Crippen molar-refractivity contribution in [1.29, 1.82) is 0 Å². The van der Waals surface area contributed by atoms with Crippen LogP contribution in [0.4, 0.5) is 5.69 Å². The van der Waals surface area contributed by atoms with Crippen LogP contribution < -0.4 is 15.4 Å². The lowest BCUT2D eigenvalue weighted by Crippen LogP contribution is -2.48. The van der Waals surface area contributed by atoms with Gasteiger partial charge in [-0.25, -0.2) is 0 Å². The molecule has 7 nitrogen and oxygen atoms in total. The lowest BCUT2D eigenvalue weighted by atomic mass is 9.93. The third-order valence-electron chi connectivity index (χ3n) is 6.77. The average molecular weight is 464 g/mol. The minimum atomic E-state index is -0.319. The fourth-order valence-corrected chi connectivity index (χ4v) is 4.80. The number of nitrogens with one attached hydrogen (secondary N) is 2. The second-order valence-corrected chi connectivity index (χ2v) is 9.17. The molecule has 180 valence electrons. The fourth-order valence-electron chi connectivity index (χ4n) is 4.80. The molecule has 2 aliphatic rings. The minimum absolute atomic E-state index is 0.00265. The molecule has 0 saturated heterocycles. The van der Waals surface area contributed by atoms with Gasteiger partial charge in [0.25, 0.3) is 0 Å². The molecule has 2 aromatic carbocycles. The molecule has 7 heteroatoms. The van der Waals surface area contributed by atoms with Gasteiger partial charge in [0.1, 0.15) is 5.75 Å². The second-order valence-electron chi connectivity index (χ2n) is 9.17. The van der Waals surface area contributed by atoms with Crippen molar-refractivity contribution >= 4 is 23.4 Å². The Morgan fingerprint density at radius 3 is 2.32 bits per heavy atom. The number of anilines is 1. The first kappa shape index (κ1) is 23.8. The van der Waals surface area contributed by atoms with Crippen molar-refractivity contribution in [1.82, 2.24) is 10.2 Å². The van der Waals surface area contributed by atoms with Crippen LogP contribution >= 0.6 is 0 Å². The van der Waals surface area contributed by atoms with Gasteiger partial charge in [-0.2, -0.15) is 0 Å². The minimum Gasteiger partial charge on any atom is -0.497 e. The van der Waals surface area contributed by atoms with E-state index in [1.54, 1.807) is 36.3 Å². The summed E-state index contributed by atoms with van der Waals surface area (Å²) in [5.41, 5.74) is 1.81. The van der Waals surface area contributed by atoms with E-state index in [4.69, 9.17) is 4.74 Å². The number of amides is 3. The zero-order valence-corrected chi connectivity index (χ0v) is 19.7. The maximum Gasteiger partial charge on any atom is 0.243 e. The van der Waals surface area contributed by atoms with Crippen molar-refractivity contribution in [2.24, 2.45) is 5.92 Å². The molecule has 0 spiro atoms. The molecule has 2 N–H and O–H groups in total. The van der Waals surface area contributed by atoms with E-state index in [2.05, 4.69) is 22.8 Å². The Labute approximate surface area is 200 Å². The van der Waals surface area contributed by atoms with Gasteiger partial charge in [-0.05, 0) is 55.0 Å². The van der Waals surface area contributed by atoms with Crippen molar-refractivity contribution in [3.05, 3.63) is 60.2 Å². The number of hydrogen-bond donors (Lipinski definition) is 2. The van der Waals surface area contributed by atoms with Gasteiger partial charge < -0.3 is 20.3 Å². The number of benzene rings is 2. The van der Waals surface area contributed by atoms with Gasteiger partial charge in [-0.3, -0.25) is 14.4 Å². The maximum atomic E-state index is 13.4. The van der Waals surface area contributed by atoms with E-state index in [1.165, 1.54) is 12.0 Å². The van der Waals surface area contributed by atoms with Crippen molar-refractivity contribution < 1.29 is 19.1 Å². The normalized spacial score (nSPS) is 19.7. The topological polar surface area (TPSA) is 87.7 Å². The van der Waals surface area contributed by atoms with Crippen LogP contribution in [0.25, 0.3) is 0 Å². The van der Waals surface area contributed by atoms with Crippen molar-refractivity contribution in [3.63, 3.8) is 0 Å². The van der Waals surface area contributed by atoms with E-state index in [0.29, 0.717) is 11.4 Å². The molecule has 0 heterocycles.